The van der Waals surface area contributed by atoms with Crippen molar-refractivity contribution in [2.24, 2.45) is 0 Å². The summed E-state index contributed by atoms with van der Waals surface area (Å²) in [5.41, 5.74) is 4.43. The van der Waals surface area contributed by atoms with Crippen LogP contribution >= 0.6 is 23.2 Å². The maximum Gasteiger partial charge on any atom is 0.130 e. The molecule has 0 N–H and O–H groups in total. The monoisotopic (exact) mass is 292 g/mol. The highest BCUT2D eigenvalue weighted by atomic mass is 35.5. The van der Waals surface area contributed by atoms with E-state index >= 15 is 0 Å². The Hall–Kier alpha value is -1.18. The molecule has 3 heteroatoms. The average molecular weight is 293 g/mol. The standard InChI is InChI=1S/C16H14Cl2O/c1-9-5-11-7-10(2)19-16(11)14(6-9)13-8-12(17)3-4-15(13)18/h3-6,8,10H,7H2,1-2H3. The number of hydrogen-bond acceptors (Lipinski definition) is 1. The molecule has 0 radical (unpaired) electrons. The van der Waals surface area contributed by atoms with Crippen LogP contribution in [0.5, 0.6) is 5.75 Å². The first-order valence-corrected chi connectivity index (χ1v) is 7.06. The Balaban J connectivity index is 2.23. The van der Waals surface area contributed by atoms with E-state index in [4.69, 9.17) is 27.9 Å². The van der Waals surface area contributed by atoms with Crippen molar-refractivity contribution < 1.29 is 4.74 Å². The number of ether oxygens (including phenoxy) is 1. The molecule has 1 atom stereocenters. The quantitative estimate of drug-likeness (QED) is 0.694. The molecule has 2 aromatic carbocycles. The van der Waals surface area contributed by atoms with Gasteiger partial charge in [0.15, 0.2) is 0 Å². The summed E-state index contributed by atoms with van der Waals surface area (Å²) >= 11 is 12.4. The summed E-state index contributed by atoms with van der Waals surface area (Å²) in [4.78, 5) is 0. The van der Waals surface area contributed by atoms with Crippen LogP contribution in [0.4, 0.5) is 0 Å². The molecule has 1 unspecified atom stereocenters. The fourth-order valence-corrected chi connectivity index (χ4v) is 2.99. The Kier molecular flexibility index (Phi) is 3.20. The summed E-state index contributed by atoms with van der Waals surface area (Å²) < 4.78 is 5.94. The lowest BCUT2D eigenvalue weighted by Gasteiger charge is -2.12. The molecule has 0 bridgehead atoms. The lowest BCUT2D eigenvalue weighted by atomic mass is 9.98. The molecule has 0 saturated heterocycles. The third-order valence-electron chi connectivity index (χ3n) is 3.36. The topological polar surface area (TPSA) is 9.23 Å². The summed E-state index contributed by atoms with van der Waals surface area (Å²) in [5.74, 6) is 0.947. The van der Waals surface area contributed by atoms with Gasteiger partial charge in [0.1, 0.15) is 11.9 Å². The van der Waals surface area contributed by atoms with Crippen molar-refractivity contribution in [2.45, 2.75) is 26.4 Å². The van der Waals surface area contributed by atoms with E-state index in [0.29, 0.717) is 10.0 Å². The predicted octanol–water partition coefficient (Wildman–Crippen LogP) is 5.29. The number of rotatable bonds is 1. The number of aryl methyl sites for hydroxylation is 1. The van der Waals surface area contributed by atoms with Crippen LogP contribution in [0.25, 0.3) is 11.1 Å². The van der Waals surface area contributed by atoms with Crippen molar-refractivity contribution in [1.82, 2.24) is 0 Å². The van der Waals surface area contributed by atoms with Crippen molar-refractivity contribution in [1.29, 1.82) is 0 Å². The smallest absolute Gasteiger partial charge is 0.130 e. The highest BCUT2D eigenvalue weighted by Crippen LogP contribution is 2.42. The van der Waals surface area contributed by atoms with E-state index in [2.05, 4.69) is 26.0 Å². The molecule has 1 heterocycles. The number of benzene rings is 2. The Bertz CT molecular complexity index is 649. The zero-order valence-corrected chi connectivity index (χ0v) is 12.3. The second-order valence-electron chi connectivity index (χ2n) is 5.06. The van der Waals surface area contributed by atoms with Gasteiger partial charge in [0.25, 0.3) is 0 Å². The summed E-state index contributed by atoms with van der Waals surface area (Å²) in [6.07, 6.45) is 1.16. The maximum absolute atomic E-state index is 6.31. The Labute approximate surface area is 123 Å². The fraction of sp³-hybridized carbons (Fsp3) is 0.250. The number of fused-ring (bicyclic) bond motifs is 1. The van der Waals surface area contributed by atoms with E-state index in [1.807, 2.05) is 12.1 Å². The molecule has 19 heavy (non-hydrogen) atoms. The van der Waals surface area contributed by atoms with E-state index in [1.165, 1.54) is 11.1 Å². The molecule has 3 rings (SSSR count). The first-order valence-electron chi connectivity index (χ1n) is 6.30. The minimum Gasteiger partial charge on any atom is -0.489 e. The summed E-state index contributed by atoms with van der Waals surface area (Å²) in [6.45, 7) is 4.17. The Morgan fingerprint density at radius 2 is 1.89 bits per heavy atom. The van der Waals surface area contributed by atoms with Gasteiger partial charge in [0.05, 0.1) is 0 Å². The summed E-state index contributed by atoms with van der Waals surface area (Å²) in [5, 5.41) is 1.38. The van der Waals surface area contributed by atoms with E-state index in [0.717, 1.165) is 23.3 Å². The normalized spacial score (nSPS) is 17.2. The lowest BCUT2D eigenvalue weighted by Crippen LogP contribution is -2.05. The van der Waals surface area contributed by atoms with Crippen molar-refractivity contribution in [2.75, 3.05) is 0 Å². The van der Waals surface area contributed by atoms with E-state index in [-0.39, 0.29) is 6.10 Å². The third-order valence-corrected chi connectivity index (χ3v) is 3.92. The van der Waals surface area contributed by atoms with Crippen LogP contribution in [0.2, 0.25) is 10.0 Å². The van der Waals surface area contributed by atoms with E-state index < -0.39 is 0 Å². The highest BCUT2D eigenvalue weighted by molar-refractivity contribution is 6.35. The second-order valence-corrected chi connectivity index (χ2v) is 5.90. The number of hydrogen-bond donors (Lipinski definition) is 0. The second kappa shape index (κ2) is 4.73. The molecule has 1 nitrogen and oxygen atoms in total. The van der Waals surface area contributed by atoms with Crippen molar-refractivity contribution in [3.8, 4) is 16.9 Å². The van der Waals surface area contributed by atoms with Crippen LogP contribution in [-0.2, 0) is 6.42 Å². The van der Waals surface area contributed by atoms with Gasteiger partial charge in [-0.1, -0.05) is 29.3 Å². The SMILES string of the molecule is Cc1cc2c(c(-c3cc(Cl)ccc3Cl)c1)OC(C)C2. The van der Waals surface area contributed by atoms with Gasteiger partial charge in [-0.15, -0.1) is 0 Å². The fourth-order valence-electron chi connectivity index (χ4n) is 2.60. The van der Waals surface area contributed by atoms with Gasteiger partial charge in [-0.05, 0) is 49.2 Å². The van der Waals surface area contributed by atoms with Crippen molar-refractivity contribution in [3.05, 3.63) is 51.5 Å². The zero-order valence-electron chi connectivity index (χ0n) is 10.8. The van der Waals surface area contributed by atoms with Crippen LogP contribution in [0.1, 0.15) is 18.1 Å². The summed E-state index contributed by atoms with van der Waals surface area (Å²) in [6, 6.07) is 9.81. The molecule has 98 valence electrons. The first-order chi connectivity index (χ1) is 9.04. The predicted molar refractivity (Wildman–Crippen MR) is 80.4 cm³/mol. The molecule has 0 aliphatic carbocycles. The lowest BCUT2D eigenvalue weighted by molar-refractivity contribution is 0.255. The van der Waals surface area contributed by atoms with Crippen LogP contribution < -0.4 is 4.74 Å². The Morgan fingerprint density at radius 1 is 1.11 bits per heavy atom. The van der Waals surface area contributed by atoms with Gasteiger partial charge in [-0.25, -0.2) is 0 Å². The van der Waals surface area contributed by atoms with Gasteiger partial charge in [-0.3, -0.25) is 0 Å². The molecule has 0 aromatic heterocycles. The average Bonchev–Trinajstić information content (AvgIpc) is 2.71. The van der Waals surface area contributed by atoms with E-state index in [9.17, 15) is 0 Å². The van der Waals surface area contributed by atoms with Crippen molar-refractivity contribution >= 4 is 23.2 Å². The molecule has 0 amide bonds. The van der Waals surface area contributed by atoms with Crippen LogP contribution in [0, 0.1) is 6.92 Å². The van der Waals surface area contributed by atoms with Crippen molar-refractivity contribution in [3.63, 3.8) is 0 Å². The van der Waals surface area contributed by atoms with Gasteiger partial charge in [-0.2, -0.15) is 0 Å². The minimum absolute atomic E-state index is 0.216. The molecule has 2 aromatic rings. The zero-order chi connectivity index (χ0) is 13.6. The van der Waals surface area contributed by atoms with Gasteiger partial charge in [0, 0.05) is 27.6 Å². The van der Waals surface area contributed by atoms with Gasteiger partial charge in [0.2, 0.25) is 0 Å². The molecular weight excluding hydrogens is 279 g/mol. The molecule has 0 saturated carbocycles. The van der Waals surface area contributed by atoms with Gasteiger partial charge >= 0.3 is 0 Å². The van der Waals surface area contributed by atoms with Crippen LogP contribution in [0.3, 0.4) is 0 Å². The maximum atomic E-state index is 6.31. The van der Waals surface area contributed by atoms with Crippen LogP contribution in [0.15, 0.2) is 30.3 Å². The Morgan fingerprint density at radius 3 is 2.68 bits per heavy atom. The third kappa shape index (κ3) is 2.33. The highest BCUT2D eigenvalue weighted by Gasteiger charge is 2.24. The van der Waals surface area contributed by atoms with Crippen LogP contribution in [-0.4, -0.2) is 6.10 Å². The molecule has 1 aliphatic heterocycles. The van der Waals surface area contributed by atoms with E-state index in [1.54, 1.807) is 6.07 Å². The molecule has 1 aliphatic rings. The largest absolute Gasteiger partial charge is 0.489 e. The molecule has 0 spiro atoms. The first kappa shape index (κ1) is 12.8. The molecule has 0 fully saturated rings. The summed E-state index contributed by atoms with van der Waals surface area (Å²) in [7, 11) is 0. The minimum atomic E-state index is 0.216. The number of halogens is 2. The van der Waals surface area contributed by atoms with Gasteiger partial charge < -0.3 is 4.74 Å². The molecular formula is C16H14Cl2O.